The second-order valence-electron chi connectivity index (χ2n) is 4.45. The summed E-state index contributed by atoms with van der Waals surface area (Å²) in [6, 6.07) is 6.84. The number of hydrogen-bond acceptors (Lipinski definition) is 4. The fourth-order valence-corrected chi connectivity index (χ4v) is 3.34. The molecule has 1 saturated heterocycles. The number of thioether (sulfide) groups is 1. The van der Waals surface area contributed by atoms with E-state index in [-0.39, 0.29) is 0 Å². The monoisotopic (exact) mass is 267 g/mol. The minimum Gasteiger partial charge on any atom is -0.493 e. The molecule has 0 bridgehead atoms. The predicted molar refractivity (Wildman–Crippen MR) is 77.0 cm³/mol. The molecule has 1 aromatic rings. The highest BCUT2D eigenvalue weighted by molar-refractivity contribution is 7.99. The first kappa shape index (κ1) is 13.6. The second kappa shape index (κ2) is 6.90. The third kappa shape index (κ3) is 3.56. The van der Waals surface area contributed by atoms with Crippen LogP contribution in [-0.4, -0.2) is 38.3 Å². The van der Waals surface area contributed by atoms with E-state index in [4.69, 9.17) is 9.47 Å². The molecule has 1 fully saturated rings. The van der Waals surface area contributed by atoms with E-state index in [9.17, 15) is 0 Å². The number of methoxy groups -OCH3 is 2. The van der Waals surface area contributed by atoms with Gasteiger partial charge in [-0.1, -0.05) is 6.07 Å². The molecule has 1 aromatic carbocycles. The first-order valence-electron chi connectivity index (χ1n) is 6.35. The molecular formula is C14H21NO2S. The molecule has 0 spiro atoms. The summed E-state index contributed by atoms with van der Waals surface area (Å²) in [4.78, 5) is 0. The quantitative estimate of drug-likeness (QED) is 0.857. The third-order valence-electron chi connectivity index (χ3n) is 3.22. The lowest BCUT2D eigenvalue weighted by Crippen LogP contribution is -2.30. The van der Waals surface area contributed by atoms with E-state index >= 15 is 0 Å². The van der Waals surface area contributed by atoms with Gasteiger partial charge >= 0.3 is 0 Å². The number of benzene rings is 1. The maximum absolute atomic E-state index is 5.31. The molecular weight excluding hydrogens is 246 g/mol. The van der Waals surface area contributed by atoms with E-state index in [0.29, 0.717) is 6.04 Å². The number of ether oxygens (including phenoxy) is 2. The zero-order valence-corrected chi connectivity index (χ0v) is 11.9. The Balaban J connectivity index is 1.84. The lowest BCUT2D eigenvalue weighted by Gasteiger charge is -2.12. The van der Waals surface area contributed by atoms with E-state index in [1.165, 1.54) is 23.5 Å². The SMILES string of the molecule is COc1ccc(CCNC2CCSC2)cc1OC. The van der Waals surface area contributed by atoms with Crippen LogP contribution >= 0.6 is 11.8 Å². The minimum absolute atomic E-state index is 0.704. The topological polar surface area (TPSA) is 30.5 Å². The normalized spacial score (nSPS) is 18.9. The highest BCUT2D eigenvalue weighted by Crippen LogP contribution is 2.27. The Bertz CT molecular complexity index is 378. The Morgan fingerprint density at radius 1 is 1.28 bits per heavy atom. The van der Waals surface area contributed by atoms with Gasteiger partial charge in [-0.05, 0) is 42.8 Å². The Morgan fingerprint density at radius 3 is 2.78 bits per heavy atom. The van der Waals surface area contributed by atoms with E-state index in [1.807, 2.05) is 17.8 Å². The van der Waals surface area contributed by atoms with Gasteiger partial charge in [0.2, 0.25) is 0 Å². The maximum Gasteiger partial charge on any atom is 0.160 e. The van der Waals surface area contributed by atoms with Gasteiger partial charge in [-0.2, -0.15) is 11.8 Å². The van der Waals surface area contributed by atoms with Gasteiger partial charge in [0.15, 0.2) is 11.5 Å². The molecule has 1 heterocycles. The van der Waals surface area contributed by atoms with Crippen LogP contribution in [0.4, 0.5) is 0 Å². The Kier molecular flexibility index (Phi) is 5.20. The Morgan fingerprint density at radius 2 is 2.11 bits per heavy atom. The van der Waals surface area contributed by atoms with Crippen LogP contribution in [0.3, 0.4) is 0 Å². The van der Waals surface area contributed by atoms with Gasteiger partial charge in [0, 0.05) is 11.8 Å². The van der Waals surface area contributed by atoms with E-state index < -0.39 is 0 Å². The molecule has 2 rings (SSSR count). The Hall–Kier alpha value is -0.870. The predicted octanol–water partition coefficient (Wildman–Crippen LogP) is 2.34. The molecule has 1 N–H and O–H groups in total. The van der Waals surface area contributed by atoms with Gasteiger partial charge in [0.25, 0.3) is 0 Å². The van der Waals surface area contributed by atoms with Crippen LogP contribution < -0.4 is 14.8 Å². The summed E-state index contributed by atoms with van der Waals surface area (Å²) < 4.78 is 10.5. The van der Waals surface area contributed by atoms with Crippen LogP contribution in [0.5, 0.6) is 11.5 Å². The van der Waals surface area contributed by atoms with Gasteiger partial charge in [0.1, 0.15) is 0 Å². The average Bonchev–Trinajstić information content (AvgIpc) is 2.91. The molecule has 1 aliphatic rings. The summed E-state index contributed by atoms with van der Waals surface area (Å²) >= 11 is 2.04. The average molecular weight is 267 g/mol. The van der Waals surface area contributed by atoms with Gasteiger partial charge in [-0.3, -0.25) is 0 Å². The zero-order valence-electron chi connectivity index (χ0n) is 11.1. The third-order valence-corrected chi connectivity index (χ3v) is 4.39. The standard InChI is InChI=1S/C14H21NO2S/c1-16-13-4-3-11(9-14(13)17-2)5-7-15-12-6-8-18-10-12/h3-4,9,12,15H,5-8,10H2,1-2H3. The molecule has 1 aliphatic heterocycles. The zero-order chi connectivity index (χ0) is 12.8. The smallest absolute Gasteiger partial charge is 0.160 e. The van der Waals surface area contributed by atoms with Gasteiger partial charge in [-0.15, -0.1) is 0 Å². The van der Waals surface area contributed by atoms with Crippen LogP contribution in [-0.2, 0) is 6.42 Å². The van der Waals surface area contributed by atoms with Crippen LogP contribution in [0.2, 0.25) is 0 Å². The Labute approximate surface area is 113 Å². The summed E-state index contributed by atoms with van der Waals surface area (Å²) in [7, 11) is 3.34. The molecule has 18 heavy (non-hydrogen) atoms. The number of hydrogen-bond donors (Lipinski definition) is 1. The summed E-state index contributed by atoms with van der Waals surface area (Å²) in [6.07, 6.45) is 2.33. The van der Waals surface area contributed by atoms with Crippen molar-refractivity contribution in [1.82, 2.24) is 5.32 Å². The fraction of sp³-hybridized carbons (Fsp3) is 0.571. The van der Waals surface area contributed by atoms with E-state index in [1.54, 1.807) is 14.2 Å². The molecule has 0 aliphatic carbocycles. The van der Waals surface area contributed by atoms with E-state index in [2.05, 4.69) is 17.4 Å². The van der Waals surface area contributed by atoms with Gasteiger partial charge < -0.3 is 14.8 Å². The van der Waals surface area contributed by atoms with Crippen molar-refractivity contribution in [2.75, 3.05) is 32.3 Å². The molecule has 0 saturated carbocycles. The fourth-order valence-electron chi connectivity index (χ4n) is 2.15. The first-order valence-corrected chi connectivity index (χ1v) is 7.51. The van der Waals surface area contributed by atoms with Crippen molar-refractivity contribution in [3.63, 3.8) is 0 Å². The van der Waals surface area contributed by atoms with Crippen molar-refractivity contribution in [1.29, 1.82) is 0 Å². The molecule has 100 valence electrons. The lowest BCUT2D eigenvalue weighted by molar-refractivity contribution is 0.354. The summed E-state index contributed by atoms with van der Waals surface area (Å²) in [6.45, 7) is 1.03. The van der Waals surface area contributed by atoms with Crippen LogP contribution in [0, 0.1) is 0 Å². The van der Waals surface area contributed by atoms with Crippen molar-refractivity contribution < 1.29 is 9.47 Å². The van der Waals surface area contributed by atoms with Gasteiger partial charge in [0.05, 0.1) is 14.2 Å². The highest BCUT2D eigenvalue weighted by atomic mass is 32.2. The maximum atomic E-state index is 5.31. The van der Waals surface area contributed by atoms with Crippen molar-refractivity contribution in [3.8, 4) is 11.5 Å². The summed E-state index contributed by atoms with van der Waals surface area (Å²) in [5, 5.41) is 3.60. The highest BCUT2D eigenvalue weighted by Gasteiger charge is 2.14. The minimum atomic E-state index is 0.704. The summed E-state index contributed by atoms with van der Waals surface area (Å²) in [5.74, 6) is 4.16. The first-order chi connectivity index (χ1) is 8.83. The van der Waals surface area contributed by atoms with Crippen molar-refractivity contribution in [3.05, 3.63) is 23.8 Å². The molecule has 1 atom stereocenters. The van der Waals surface area contributed by atoms with Crippen LogP contribution in [0.25, 0.3) is 0 Å². The molecule has 0 aromatic heterocycles. The molecule has 4 heteroatoms. The molecule has 0 amide bonds. The van der Waals surface area contributed by atoms with Crippen LogP contribution in [0.1, 0.15) is 12.0 Å². The van der Waals surface area contributed by atoms with Crippen molar-refractivity contribution in [2.24, 2.45) is 0 Å². The summed E-state index contributed by atoms with van der Waals surface area (Å²) in [5.41, 5.74) is 1.28. The van der Waals surface area contributed by atoms with E-state index in [0.717, 1.165) is 24.5 Å². The molecule has 0 radical (unpaired) electrons. The second-order valence-corrected chi connectivity index (χ2v) is 5.60. The largest absolute Gasteiger partial charge is 0.493 e. The number of rotatable bonds is 6. The van der Waals surface area contributed by atoms with Crippen molar-refractivity contribution >= 4 is 11.8 Å². The van der Waals surface area contributed by atoms with Crippen molar-refractivity contribution in [2.45, 2.75) is 18.9 Å². The van der Waals surface area contributed by atoms with Crippen LogP contribution in [0.15, 0.2) is 18.2 Å². The molecule has 3 nitrogen and oxygen atoms in total. The lowest BCUT2D eigenvalue weighted by atomic mass is 10.1. The molecule has 1 unspecified atom stereocenters. The van der Waals surface area contributed by atoms with Gasteiger partial charge in [-0.25, -0.2) is 0 Å². The number of nitrogens with one attached hydrogen (secondary N) is 1.